The summed E-state index contributed by atoms with van der Waals surface area (Å²) < 4.78 is 5.29. The molecule has 0 aliphatic carbocycles. The fourth-order valence-corrected chi connectivity index (χ4v) is 1.85. The molecule has 0 saturated heterocycles. The minimum absolute atomic E-state index is 0.165. The largest absolute Gasteiger partial charge is 0.454 e. The van der Waals surface area contributed by atoms with E-state index in [1.807, 2.05) is 6.92 Å². The molecule has 4 N–H and O–H groups in total. The van der Waals surface area contributed by atoms with Crippen molar-refractivity contribution in [1.82, 2.24) is 10.6 Å². The third kappa shape index (κ3) is 6.83. The molecule has 0 saturated carbocycles. The number of guanidine groups is 1. The molecule has 1 aromatic heterocycles. The second-order valence-electron chi connectivity index (χ2n) is 4.81. The van der Waals surface area contributed by atoms with Gasteiger partial charge in [-0.1, -0.05) is 26.2 Å². The number of primary amides is 1. The average molecular weight is 294 g/mol. The Kier molecular flexibility index (Phi) is 8.01. The minimum Gasteiger partial charge on any atom is -0.454 e. The van der Waals surface area contributed by atoms with E-state index in [9.17, 15) is 4.79 Å². The summed E-state index contributed by atoms with van der Waals surface area (Å²) in [6.07, 6.45) is 4.85. The van der Waals surface area contributed by atoms with Gasteiger partial charge in [0.25, 0.3) is 5.91 Å². The molecule has 0 bridgehead atoms. The van der Waals surface area contributed by atoms with Gasteiger partial charge in [-0.3, -0.25) is 4.79 Å². The van der Waals surface area contributed by atoms with Crippen molar-refractivity contribution in [3.8, 4) is 0 Å². The van der Waals surface area contributed by atoms with Crippen LogP contribution in [0.5, 0.6) is 0 Å². The van der Waals surface area contributed by atoms with Crippen molar-refractivity contribution in [3.05, 3.63) is 23.7 Å². The molecule has 118 valence electrons. The van der Waals surface area contributed by atoms with E-state index >= 15 is 0 Å². The fourth-order valence-electron chi connectivity index (χ4n) is 1.85. The van der Waals surface area contributed by atoms with E-state index < -0.39 is 5.91 Å². The number of hydrogen-bond donors (Lipinski definition) is 3. The van der Waals surface area contributed by atoms with E-state index in [2.05, 4.69) is 22.5 Å². The van der Waals surface area contributed by atoms with Gasteiger partial charge in [-0.15, -0.1) is 0 Å². The number of hydrogen-bond acceptors (Lipinski definition) is 3. The van der Waals surface area contributed by atoms with Gasteiger partial charge < -0.3 is 20.8 Å². The SMILES string of the molecule is CCCCCCNC(=NCc1ccc(C(N)=O)o1)NCC. The number of furan rings is 1. The van der Waals surface area contributed by atoms with E-state index in [0.29, 0.717) is 12.3 Å². The van der Waals surface area contributed by atoms with E-state index in [1.54, 1.807) is 12.1 Å². The van der Waals surface area contributed by atoms with Crippen LogP contribution < -0.4 is 16.4 Å². The van der Waals surface area contributed by atoms with Crippen molar-refractivity contribution < 1.29 is 9.21 Å². The number of nitrogens with two attached hydrogens (primary N) is 1. The third-order valence-corrected chi connectivity index (χ3v) is 2.96. The van der Waals surface area contributed by atoms with Crippen LogP contribution in [0.25, 0.3) is 0 Å². The lowest BCUT2D eigenvalue weighted by Crippen LogP contribution is -2.37. The standard InChI is InChI=1S/C15H26N4O2/c1-3-5-6-7-10-18-15(17-4-2)19-11-12-8-9-13(21-12)14(16)20/h8-9H,3-7,10-11H2,1-2H3,(H2,16,20)(H2,17,18,19). The van der Waals surface area contributed by atoms with E-state index in [4.69, 9.17) is 10.2 Å². The molecule has 0 aliphatic heterocycles. The number of carbonyl (C=O) groups is 1. The molecular weight excluding hydrogens is 268 g/mol. The second-order valence-corrected chi connectivity index (χ2v) is 4.81. The predicted molar refractivity (Wildman–Crippen MR) is 84.2 cm³/mol. The molecule has 0 atom stereocenters. The number of nitrogens with zero attached hydrogens (tertiary/aromatic N) is 1. The summed E-state index contributed by atoms with van der Waals surface area (Å²) in [6, 6.07) is 3.28. The number of aliphatic imine (C=N–C) groups is 1. The minimum atomic E-state index is -0.564. The first kappa shape index (κ1) is 17.1. The van der Waals surface area contributed by atoms with Crippen LogP contribution in [-0.2, 0) is 6.54 Å². The normalized spacial score (nSPS) is 11.4. The second kappa shape index (κ2) is 9.85. The van der Waals surface area contributed by atoms with E-state index in [0.717, 1.165) is 25.5 Å². The predicted octanol–water partition coefficient (Wildman–Crippen LogP) is 2.01. The van der Waals surface area contributed by atoms with Crippen LogP contribution in [0.4, 0.5) is 0 Å². The Bertz CT molecular complexity index is 454. The van der Waals surface area contributed by atoms with Crippen LogP contribution in [-0.4, -0.2) is 25.0 Å². The van der Waals surface area contributed by atoms with Crippen molar-refractivity contribution in [1.29, 1.82) is 0 Å². The van der Waals surface area contributed by atoms with Gasteiger partial charge in [0, 0.05) is 13.1 Å². The van der Waals surface area contributed by atoms with Crippen molar-refractivity contribution in [2.45, 2.75) is 46.1 Å². The topological polar surface area (TPSA) is 92.6 Å². The first-order chi connectivity index (χ1) is 10.2. The summed E-state index contributed by atoms with van der Waals surface area (Å²) in [5.74, 6) is 0.974. The highest BCUT2D eigenvalue weighted by molar-refractivity contribution is 5.89. The van der Waals surface area contributed by atoms with Crippen molar-refractivity contribution in [2.75, 3.05) is 13.1 Å². The average Bonchev–Trinajstić information content (AvgIpc) is 2.93. The quantitative estimate of drug-likeness (QED) is 0.369. The summed E-state index contributed by atoms with van der Waals surface area (Å²) in [6.45, 7) is 6.29. The Morgan fingerprint density at radius 1 is 1.24 bits per heavy atom. The molecule has 0 spiro atoms. The smallest absolute Gasteiger partial charge is 0.284 e. The summed E-state index contributed by atoms with van der Waals surface area (Å²) in [5.41, 5.74) is 5.14. The van der Waals surface area contributed by atoms with Crippen molar-refractivity contribution in [2.24, 2.45) is 10.7 Å². The van der Waals surface area contributed by atoms with Gasteiger partial charge in [0.15, 0.2) is 11.7 Å². The Morgan fingerprint density at radius 2 is 2.05 bits per heavy atom. The third-order valence-electron chi connectivity index (χ3n) is 2.96. The fraction of sp³-hybridized carbons (Fsp3) is 0.600. The summed E-state index contributed by atoms with van der Waals surface area (Å²) in [4.78, 5) is 15.4. The van der Waals surface area contributed by atoms with Crippen molar-refractivity contribution >= 4 is 11.9 Å². The van der Waals surface area contributed by atoms with E-state index in [1.165, 1.54) is 19.3 Å². The zero-order valence-corrected chi connectivity index (χ0v) is 12.9. The van der Waals surface area contributed by atoms with Crippen LogP contribution in [0.2, 0.25) is 0 Å². The number of rotatable bonds is 9. The summed E-state index contributed by atoms with van der Waals surface area (Å²) in [5, 5.41) is 6.46. The molecule has 0 fully saturated rings. The van der Waals surface area contributed by atoms with Crippen LogP contribution in [0, 0.1) is 0 Å². The van der Waals surface area contributed by atoms with Gasteiger partial charge in [0.2, 0.25) is 0 Å². The first-order valence-corrected chi connectivity index (χ1v) is 7.58. The molecule has 1 heterocycles. The Hall–Kier alpha value is -1.98. The van der Waals surface area contributed by atoms with Gasteiger partial charge >= 0.3 is 0 Å². The summed E-state index contributed by atoms with van der Waals surface area (Å²) in [7, 11) is 0. The van der Waals surface area contributed by atoms with Gasteiger partial charge in [0.05, 0.1) is 0 Å². The van der Waals surface area contributed by atoms with Gasteiger partial charge in [-0.25, -0.2) is 4.99 Å². The first-order valence-electron chi connectivity index (χ1n) is 7.58. The molecule has 0 aromatic carbocycles. The molecule has 1 amide bonds. The van der Waals surface area contributed by atoms with Gasteiger partial charge in [-0.2, -0.15) is 0 Å². The van der Waals surface area contributed by atoms with Crippen molar-refractivity contribution in [3.63, 3.8) is 0 Å². The maximum atomic E-state index is 11.0. The van der Waals surface area contributed by atoms with Crippen LogP contribution in [0.1, 0.15) is 55.8 Å². The number of unbranched alkanes of at least 4 members (excludes halogenated alkanes) is 3. The Morgan fingerprint density at radius 3 is 2.67 bits per heavy atom. The Balaban J connectivity index is 2.44. The molecule has 0 unspecified atom stereocenters. The van der Waals surface area contributed by atoms with Crippen LogP contribution >= 0.6 is 0 Å². The Labute approximate surface area is 126 Å². The highest BCUT2D eigenvalue weighted by Gasteiger charge is 2.06. The van der Waals surface area contributed by atoms with E-state index in [-0.39, 0.29) is 5.76 Å². The lowest BCUT2D eigenvalue weighted by molar-refractivity contribution is 0.0972. The lowest BCUT2D eigenvalue weighted by Gasteiger charge is -2.10. The maximum absolute atomic E-state index is 11.0. The highest BCUT2D eigenvalue weighted by Crippen LogP contribution is 2.08. The molecule has 0 aliphatic rings. The van der Waals surface area contributed by atoms with Crippen LogP contribution in [0.3, 0.4) is 0 Å². The molecule has 1 rings (SSSR count). The number of amides is 1. The van der Waals surface area contributed by atoms with Gasteiger partial charge in [0.1, 0.15) is 12.3 Å². The molecule has 6 nitrogen and oxygen atoms in total. The molecule has 6 heteroatoms. The summed E-state index contributed by atoms with van der Waals surface area (Å²) >= 11 is 0. The molecular formula is C15H26N4O2. The highest BCUT2D eigenvalue weighted by atomic mass is 16.3. The monoisotopic (exact) mass is 294 g/mol. The van der Waals surface area contributed by atoms with Gasteiger partial charge in [-0.05, 0) is 25.5 Å². The molecule has 21 heavy (non-hydrogen) atoms. The molecule has 0 radical (unpaired) electrons. The number of nitrogens with one attached hydrogen (secondary N) is 2. The number of carbonyl (C=O) groups excluding carboxylic acids is 1. The zero-order chi connectivity index (χ0) is 15.5. The van der Waals surface area contributed by atoms with Crippen LogP contribution in [0.15, 0.2) is 21.5 Å². The zero-order valence-electron chi connectivity index (χ0n) is 12.9. The maximum Gasteiger partial charge on any atom is 0.284 e. The lowest BCUT2D eigenvalue weighted by atomic mass is 10.2. The molecule has 1 aromatic rings.